The molecule has 0 spiro atoms. The maximum atomic E-state index is 12.8. The van der Waals surface area contributed by atoms with Crippen LogP contribution in [0.5, 0.6) is 0 Å². The summed E-state index contributed by atoms with van der Waals surface area (Å²) in [6, 6.07) is 9.66. The van der Waals surface area contributed by atoms with Crippen LogP contribution in [0.25, 0.3) is 0 Å². The van der Waals surface area contributed by atoms with Gasteiger partial charge in [0.25, 0.3) is 0 Å². The summed E-state index contributed by atoms with van der Waals surface area (Å²) in [7, 11) is 2.00. The highest BCUT2D eigenvalue weighted by molar-refractivity contribution is 5.75. The molecular weight excluding hydrogens is 362 g/mol. The van der Waals surface area contributed by atoms with Crippen molar-refractivity contribution in [1.82, 2.24) is 4.90 Å². The summed E-state index contributed by atoms with van der Waals surface area (Å²) >= 11 is 0. The SMILES string of the molecule is C=C1CCC[C@@]2(C)C[C@@H]3OC(=O)[C@@H](CN(C)[C@H](C)[C@@H](O)c4ccccc4)[C@H]3C[C@H]12. The molecule has 4 rings (SSSR count). The maximum Gasteiger partial charge on any atom is 0.310 e. The molecule has 1 aromatic carbocycles. The van der Waals surface area contributed by atoms with E-state index in [9.17, 15) is 9.90 Å². The Kier molecular flexibility index (Phi) is 5.60. The van der Waals surface area contributed by atoms with Crippen LogP contribution in [-0.4, -0.2) is 41.7 Å². The highest BCUT2D eigenvalue weighted by atomic mass is 16.6. The Balaban J connectivity index is 1.46. The monoisotopic (exact) mass is 397 g/mol. The Morgan fingerprint density at radius 3 is 2.79 bits per heavy atom. The van der Waals surface area contributed by atoms with Gasteiger partial charge in [-0.3, -0.25) is 9.69 Å². The zero-order valence-electron chi connectivity index (χ0n) is 18.0. The smallest absolute Gasteiger partial charge is 0.310 e. The first kappa shape index (κ1) is 20.6. The van der Waals surface area contributed by atoms with Crippen LogP contribution < -0.4 is 0 Å². The van der Waals surface area contributed by atoms with Crippen molar-refractivity contribution in [3.63, 3.8) is 0 Å². The topological polar surface area (TPSA) is 49.8 Å². The molecule has 7 atom stereocenters. The fraction of sp³-hybridized carbons (Fsp3) is 0.640. The third-order valence-corrected chi connectivity index (χ3v) is 8.10. The minimum Gasteiger partial charge on any atom is -0.462 e. The summed E-state index contributed by atoms with van der Waals surface area (Å²) in [6.45, 7) is 9.39. The number of hydrogen-bond donors (Lipinski definition) is 1. The molecule has 1 saturated heterocycles. The van der Waals surface area contributed by atoms with Crippen LogP contribution in [0.2, 0.25) is 0 Å². The summed E-state index contributed by atoms with van der Waals surface area (Å²) in [5.74, 6) is 0.599. The molecule has 0 amide bonds. The van der Waals surface area contributed by atoms with E-state index >= 15 is 0 Å². The van der Waals surface area contributed by atoms with Gasteiger partial charge in [0.05, 0.1) is 12.0 Å². The molecule has 1 aliphatic heterocycles. The molecule has 1 aromatic rings. The Morgan fingerprint density at radius 1 is 1.34 bits per heavy atom. The summed E-state index contributed by atoms with van der Waals surface area (Å²) in [5.41, 5.74) is 2.51. The maximum absolute atomic E-state index is 12.8. The molecule has 2 saturated carbocycles. The Morgan fingerprint density at radius 2 is 2.07 bits per heavy atom. The van der Waals surface area contributed by atoms with E-state index in [0.717, 1.165) is 24.8 Å². The van der Waals surface area contributed by atoms with Gasteiger partial charge in [-0.2, -0.15) is 0 Å². The van der Waals surface area contributed by atoms with E-state index < -0.39 is 6.10 Å². The normalized spacial score (nSPS) is 36.3. The molecule has 4 nitrogen and oxygen atoms in total. The van der Waals surface area contributed by atoms with Crippen LogP contribution in [-0.2, 0) is 9.53 Å². The van der Waals surface area contributed by atoms with Gasteiger partial charge in [-0.25, -0.2) is 0 Å². The van der Waals surface area contributed by atoms with E-state index in [1.54, 1.807) is 0 Å². The van der Waals surface area contributed by atoms with Crippen molar-refractivity contribution in [3.05, 3.63) is 48.0 Å². The van der Waals surface area contributed by atoms with Gasteiger partial charge in [0.15, 0.2) is 0 Å². The van der Waals surface area contributed by atoms with Crippen molar-refractivity contribution >= 4 is 5.97 Å². The van der Waals surface area contributed by atoms with Crippen molar-refractivity contribution in [2.24, 2.45) is 23.2 Å². The first-order valence-electron chi connectivity index (χ1n) is 11.1. The van der Waals surface area contributed by atoms with Gasteiger partial charge in [-0.15, -0.1) is 0 Å². The Labute approximate surface area is 174 Å². The quantitative estimate of drug-likeness (QED) is 0.593. The zero-order valence-corrected chi connectivity index (χ0v) is 18.0. The molecular formula is C25H35NO3. The van der Waals surface area contributed by atoms with Crippen LogP contribution in [0.15, 0.2) is 42.5 Å². The number of aliphatic hydroxyl groups excluding tert-OH is 1. The van der Waals surface area contributed by atoms with E-state index in [0.29, 0.717) is 12.5 Å². The standard InChI is InChI=1S/C25H35NO3/c1-16-9-8-12-25(3)14-22-19(13-21(16)25)20(24(28)29-22)15-26(4)17(2)23(27)18-10-6-5-7-11-18/h5-7,10-11,17,19-23,27H,1,8-9,12-15H2,2-4H3/t17-,19-,20+,21-,22+,23-,25+/m1/s1. The highest BCUT2D eigenvalue weighted by Gasteiger charge is 2.55. The molecule has 0 bridgehead atoms. The van der Waals surface area contributed by atoms with Crippen molar-refractivity contribution < 1.29 is 14.6 Å². The van der Waals surface area contributed by atoms with E-state index in [2.05, 4.69) is 18.4 Å². The number of carbonyl (C=O) groups excluding carboxylic acids is 1. The van der Waals surface area contributed by atoms with Gasteiger partial charge >= 0.3 is 5.97 Å². The number of esters is 1. The first-order valence-corrected chi connectivity index (χ1v) is 11.1. The van der Waals surface area contributed by atoms with E-state index in [1.165, 1.54) is 18.4 Å². The first-order chi connectivity index (χ1) is 13.8. The molecule has 1 N–H and O–H groups in total. The Bertz CT molecular complexity index is 763. The Hall–Kier alpha value is -1.65. The number of fused-ring (bicyclic) bond motifs is 2. The predicted molar refractivity (Wildman–Crippen MR) is 114 cm³/mol. The summed E-state index contributed by atoms with van der Waals surface area (Å²) in [5, 5.41) is 10.8. The molecule has 0 unspecified atom stereocenters. The lowest BCUT2D eigenvalue weighted by atomic mass is 9.55. The van der Waals surface area contributed by atoms with Crippen molar-refractivity contribution in [3.8, 4) is 0 Å². The second-order valence-electron chi connectivity index (χ2n) is 9.94. The summed E-state index contributed by atoms with van der Waals surface area (Å²) in [6.07, 6.45) is 4.98. The van der Waals surface area contributed by atoms with Crippen molar-refractivity contribution in [1.29, 1.82) is 0 Å². The number of nitrogens with zero attached hydrogens (tertiary/aromatic N) is 1. The average molecular weight is 398 g/mol. The van der Waals surface area contributed by atoms with Gasteiger partial charge in [0.1, 0.15) is 6.10 Å². The minimum atomic E-state index is -0.581. The number of ether oxygens (including phenoxy) is 1. The number of aliphatic hydroxyl groups is 1. The number of allylic oxidation sites excluding steroid dienone is 1. The number of likely N-dealkylation sites (N-methyl/N-ethyl adjacent to an activating group) is 1. The third kappa shape index (κ3) is 3.77. The molecule has 1 heterocycles. The fourth-order valence-corrected chi connectivity index (χ4v) is 6.11. The predicted octanol–water partition coefficient (Wildman–Crippen LogP) is 4.35. The molecule has 0 aromatic heterocycles. The van der Waals surface area contributed by atoms with Crippen LogP contribution in [0.1, 0.15) is 57.6 Å². The second kappa shape index (κ2) is 7.88. The van der Waals surface area contributed by atoms with Crippen LogP contribution in [0, 0.1) is 23.2 Å². The van der Waals surface area contributed by atoms with Crippen molar-refractivity contribution in [2.75, 3.05) is 13.6 Å². The molecule has 29 heavy (non-hydrogen) atoms. The summed E-state index contributed by atoms with van der Waals surface area (Å²) < 4.78 is 5.90. The third-order valence-electron chi connectivity index (χ3n) is 8.10. The largest absolute Gasteiger partial charge is 0.462 e. The fourth-order valence-electron chi connectivity index (χ4n) is 6.11. The van der Waals surface area contributed by atoms with E-state index in [-0.39, 0.29) is 35.4 Å². The van der Waals surface area contributed by atoms with Gasteiger partial charge in [-0.05, 0) is 63.0 Å². The number of carbonyl (C=O) groups is 1. The minimum absolute atomic E-state index is 0.0439. The molecule has 2 aliphatic carbocycles. The molecule has 4 heteroatoms. The molecule has 3 aliphatic rings. The lowest BCUT2D eigenvalue weighted by Crippen LogP contribution is -2.46. The van der Waals surface area contributed by atoms with E-state index in [4.69, 9.17) is 4.74 Å². The number of hydrogen-bond acceptors (Lipinski definition) is 4. The number of benzene rings is 1. The van der Waals surface area contributed by atoms with Crippen LogP contribution >= 0.6 is 0 Å². The van der Waals surface area contributed by atoms with Crippen LogP contribution in [0.3, 0.4) is 0 Å². The van der Waals surface area contributed by atoms with Gasteiger partial charge in [0, 0.05) is 18.5 Å². The van der Waals surface area contributed by atoms with Gasteiger partial charge < -0.3 is 9.84 Å². The lowest BCUT2D eigenvalue weighted by molar-refractivity contribution is -0.146. The van der Waals surface area contributed by atoms with Gasteiger partial charge in [0.2, 0.25) is 0 Å². The lowest BCUT2D eigenvalue weighted by Gasteiger charge is -2.50. The highest BCUT2D eigenvalue weighted by Crippen LogP contribution is 2.57. The molecule has 158 valence electrons. The van der Waals surface area contributed by atoms with Crippen LogP contribution in [0.4, 0.5) is 0 Å². The zero-order chi connectivity index (χ0) is 20.8. The summed E-state index contributed by atoms with van der Waals surface area (Å²) in [4.78, 5) is 14.9. The number of rotatable bonds is 5. The average Bonchev–Trinajstić information content (AvgIpc) is 2.99. The second-order valence-corrected chi connectivity index (χ2v) is 9.94. The van der Waals surface area contributed by atoms with Crippen molar-refractivity contribution in [2.45, 2.75) is 64.2 Å². The molecule has 3 fully saturated rings. The van der Waals surface area contributed by atoms with Gasteiger partial charge in [-0.1, -0.05) is 49.4 Å². The molecule has 0 radical (unpaired) electrons. The van der Waals surface area contributed by atoms with E-state index in [1.807, 2.05) is 44.3 Å².